The summed E-state index contributed by atoms with van der Waals surface area (Å²) in [7, 11) is 0.291. The Labute approximate surface area is 174 Å². The minimum absolute atomic E-state index is 0.297. The summed E-state index contributed by atoms with van der Waals surface area (Å²) in [5, 5.41) is 0.762. The highest BCUT2D eigenvalue weighted by Crippen LogP contribution is 2.37. The van der Waals surface area contributed by atoms with E-state index in [1.54, 1.807) is 12.3 Å². The maximum absolute atomic E-state index is 13.0. The Bertz CT molecular complexity index is 1300. The molecule has 6 nitrogen and oxygen atoms in total. The van der Waals surface area contributed by atoms with E-state index in [1.165, 1.54) is 11.3 Å². The highest BCUT2D eigenvalue weighted by Gasteiger charge is 2.21. The van der Waals surface area contributed by atoms with Crippen LogP contribution in [0.5, 0.6) is 0 Å². The van der Waals surface area contributed by atoms with Gasteiger partial charge in [0, 0.05) is 42.6 Å². The maximum atomic E-state index is 13.0. The molecule has 0 radical (unpaired) electrons. The van der Waals surface area contributed by atoms with E-state index in [4.69, 9.17) is 0 Å². The lowest BCUT2D eigenvalue weighted by Crippen LogP contribution is -2.13. The van der Waals surface area contributed by atoms with Gasteiger partial charge in [0.05, 0.1) is 11.1 Å². The van der Waals surface area contributed by atoms with Crippen molar-refractivity contribution < 1.29 is 8.42 Å². The van der Waals surface area contributed by atoms with Crippen molar-refractivity contribution in [1.82, 2.24) is 9.97 Å². The van der Waals surface area contributed by atoms with Gasteiger partial charge in [-0.25, -0.2) is 13.4 Å². The van der Waals surface area contributed by atoms with Crippen molar-refractivity contribution in [2.45, 2.75) is 18.1 Å². The maximum Gasteiger partial charge on any atom is 0.271 e. The smallest absolute Gasteiger partial charge is 0.271 e. The fourth-order valence-electron chi connectivity index (χ4n) is 3.24. The topological polar surface area (TPSA) is 78.1 Å². The van der Waals surface area contributed by atoms with Crippen molar-refractivity contribution in [3.63, 3.8) is 0 Å². The highest BCUT2D eigenvalue weighted by atomic mass is 32.2. The summed E-state index contributed by atoms with van der Waals surface area (Å²) in [6, 6.07) is 11.6. The van der Waals surface area contributed by atoms with Crippen LogP contribution in [0.4, 0.5) is 11.4 Å². The van der Waals surface area contributed by atoms with Crippen molar-refractivity contribution in [2.75, 3.05) is 23.7 Å². The molecule has 0 aliphatic heterocycles. The molecule has 4 aromatic rings. The van der Waals surface area contributed by atoms with E-state index < -0.39 is 10.0 Å². The minimum atomic E-state index is -3.69. The first-order valence-electron chi connectivity index (χ1n) is 9.10. The predicted molar refractivity (Wildman–Crippen MR) is 120 cm³/mol. The van der Waals surface area contributed by atoms with E-state index in [-0.39, 0.29) is 0 Å². The molecule has 0 saturated heterocycles. The van der Waals surface area contributed by atoms with Gasteiger partial charge >= 0.3 is 0 Å². The predicted octanol–water partition coefficient (Wildman–Crippen LogP) is 4.78. The summed E-state index contributed by atoms with van der Waals surface area (Å²) in [6.45, 7) is 3.75. The second kappa shape index (κ2) is 7.20. The standard InChI is InChI=1S/C21H22N4O2S2/c1-13-11-22-21-19(20(13)24-29(26,27)18-9-8-14(2)28-18)17(12-23-21)15-6-5-7-16(10-15)25(3)4/h5-12H,1-4H3,(H2,22,23,24). The second-order valence-corrected chi connectivity index (χ2v) is 10.4. The van der Waals surface area contributed by atoms with Crippen molar-refractivity contribution in [3.8, 4) is 11.1 Å². The second-order valence-electron chi connectivity index (χ2n) is 7.16. The van der Waals surface area contributed by atoms with Gasteiger partial charge in [-0.1, -0.05) is 12.1 Å². The largest absolute Gasteiger partial charge is 0.378 e. The molecule has 0 saturated carbocycles. The number of pyridine rings is 1. The lowest BCUT2D eigenvalue weighted by Gasteiger charge is -2.15. The molecule has 4 rings (SSSR count). The molecule has 0 aliphatic carbocycles. The number of fused-ring (bicyclic) bond motifs is 1. The fourth-order valence-corrected chi connectivity index (χ4v) is 5.67. The summed E-state index contributed by atoms with van der Waals surface area (Å²) in [4.78, 5) is 10.6. The number of hydrogen-bond acceptors (Lipinski definition) is 5. The number of aryl methyl sites for hydroxylation is 2. The number of rotatable bonds is 5. The molecule has 0 aliphatic rings. The van der Waals surface area contributed by atoms with Crippen molar-refractivity contribution in [3.05, 3.63) is 59.2 Å². The van der Waals surface area contributed by atoms with Crippen molar-refractivity contribution in [1.29, 1.82) is 0 Å². The van der Waals surface area contributed by atoms with Gasteiger partial charge in [-0.05, 0) is 49.2 Å². The van der Waals surface area contributed by atoms with E-state index >= 15 is 0 Å². The summed E-state index contributed by atoms with van der Waals surface area (Å²) >= 11 is 1.25. The zero-order valence-corrected chi connectivity index (χ0v) is 18.3. The fraction of sp³-hybridized carbons (Fsp3) is 0.190. The number of nitrogens with zero attached hydrogens (tertiary/aromatic N) is 2. The van der Waals surface area contributed by atoms with Gasteiger partial charge in [0.15, 0.2) is 0 Å². The number of anilines is 2. The van der Waals surface area contributed by atoms with Gasteiger partial charge in [-0.3, -0.25) is 4.72 Å². The molecule has 0 amide bonds. The number of thiophene rings is 1. The molecular weight excluding hydrogens is 404 g/mol. The summed E-state index contributed by atoms with van der Waals surface area (Å²) in [6.07, 6.45) is 3.55. The minimum Gasteiger partial charge on any atom is -0.378 e. The first-order chi connectivity index (χ1) is 13.8. The first-order valence-corrected chi connectivity index (χ1v) is 11.4. The molecule has 3 heterocycles. The van der Waals surface area contributed by atoms with E-state index in [1.807, 2.05) is 63.3 Å². The summed E-state index contributed by atoms with van der Waals surface area (Å²) < 4.78 is 29.1. The molecule has 0 fully saturated rings. The number of sulfonamides is 1. The number of nitrogens with one attached hydrogen (secondary N) is 2. The molecule has 0 atom stereocenters. The molecule has 0 spiro atoms. The molecule has 8 heteroatoms. The zero-order chi connectivity index (χ0) is 20.8. The Morgan fingerprint density at radius 3 is 2.62 bits per heavy atom. The van der Waals surface area contributed by atoms with Crippen LogP contribution in [0.2, 0.25) is 0 Å². The first kappa shape index (κ1) is 19.5. The van der Waals surface area contributed by atoms with Gasteiger partial charge in [0.25, 0.3) is 10.0 Å². The van der Waals surface area contributed by atoms with Crippen LogP contribution in [0.3, 0.4) is 0 Å². The lowest BCUT2D eigenvalue weighted by molar-refractivity contribution is 0.603. The van der Waals surface area contributed by atoms with Crippen LogP contribution >= 0.6 is 11.3 Å². The van der Waals surface area contributed by atoms with Crippen LogP contribution in [0.25, 0.3) is 22.2 Å². The normalized spacial score (nSPS) is 11.7. The lowest BCUT2D eigenvalue weighted by atomic mass is 10.0. The quantitative estimate of drug-likeness (QED) is 0.482. The molecule has 0 bridgehead atoms. The van der Waals surface area contributed by atoms with E-state index in [0.717, 1.165) is 32.6 Å². The Kier molecular flexibility index (Phi) is 4.84. The number of aromatic amines is 1. The SMILES string of the molecule is Cc1ccc(S(=O)(=O)Nc2c(C)cnc3[nH]cc(-c4cccc(N(C)C)c4)c23)s1. The molecule has 3 aromatic heterocycles. The van der Waals surface area contributed by atoms with E-state index in [0.29, 0.717) is 15.5 Å². The van der Waals surface area contributed by atoms with Crippen LogP contribution in [0, 0.1) is 13.8 Å². The Morgan fingerprint density at radius 2 is 1.93 bits per heavy atom. The average Bonchev–Trinajstić information content (AvgIpc) is 3.31. The average molecular weight is 427 g/mol. The van der Waals surface area contributed by atoms with Gasteiger partial charge < -0.3 is 9.88 Å². The summed E-state index contributed by atoms with van der Waals surface area (Å²) in [5.41, 5.74) is 4.91. The molecule has 1 aromatic carbocycles. The Hall–Kier alpha value is -2.84. The van der Waals surface area contributed by atoms with Gasteiger partial charge in [0.2, 0.25) is 0 Å². The third kappa shape index (κ3) is 3.61. The van der Waals surface area contributed by atoms with Crippen LogP contribution in [-0.2, 0) is 10.0 Å². The summed E-state index contributed by atoms with van der Waals surface area (Å²) in [5.74, 6) is 0. The van der Waals surface area contributed by atoms with Gasteiger partial charge in [-0.2, -0.15) is 0 Å². The van der Waals surface area contributed by atoms with Crippen LogP contribution in [-0.4, -0.2) is 32.5 Å². The zero-order valence-electron chi connectivity index (χ0n) is 16.6. The molecule has 2 N–H and O–H groups in total. The van der Waals surface area contributed by atoms with E-state index in [9.17, 15) is 8.42 Å². The van der Waals surface area contributed by atoms with Gasteiger partial charge in [-0.15, -0.1) is 11.3 Å². The van der Waals surface area contributed by atoms with Gasteiger partial charge in [0.1, 0.15) is 9.86 Å². The highest BCUT2D eigenvalue weighted by molar-refractivity contribution is 7.94. The monoisotopic (exact) mass is 426 g/mol. The number of H-pyrrole nitrogens is 1. The molecule has 150 valence electrons. The van der Waals surface area contributed by atoms with Crippen LogP contribution in [0.1, 0.15) is 10.4 Å². The third-order valence-corrected chi connectivity index (χ3v) is 7.62. The van der Waals surface area contributed by atoms with Crippen molar-refractivity contribution >= 4 is 43.8 Å². The molecule has 0 unspecified atom stereocenters. The van der Waals surface area contributed by atoms with E-state index in [2.05, 4.69) is 20.8 Å². The number of hydrogen-bond donors (Lipinski definition) is 2. The number of benzene rings is 1. The Balaban J connectivity index is 1.88. The third-order valence-electron chi connectivity index (χ3n) is 4.78. The van der Waals surface area contributed by atoms with Crippen LogP contribution in [0.15, 0.2) is 53.0 Å². The van der Waals surface area contributed by atoms with Crippen LogP contribution < -0.4 is 9.62 Å². The number of aromatic nitrogens is 2. The Morgan fingerprint density at radius 1 is 1.14 bits per heavy atom. The molecular formula is C21H22N4O2S2. The van der Waals surface area contributed by atoms with Crippen molar-refractivity contribution in [2.24, 2.45) is 0 Å². The molecule has 29 heavy (non-hydrogen) atoms.